The summed E-state index contributed by atoms with van der Waals surface area (Å²) in [5.41, 5.74) is 0. The topological polar surface area (TPSA) is 44.8 Å². The highest BCUT2D eigenvalue weighted by atomic mass is 16.8. The second-order valence-corrected chi connectivity index (χ2v) is 2.09. The lowest BCUT2D eigenvalue weighted by atomic mass is 10.3. The number of ether oxygens (including phenoxy) is 3. The van der Waals surface area contributed by atoms with E-state index in [0.717, 1.165) is 6.42 Å². The first kappa shape index (κ1) is 10.8. The van der Waals surface area contributed by atoms with Gasteiger partial charge in [0.25, 0.3) is 0 Å². The van der Waals surface area contributed by atoms with E-state index in [2.05, 4.69) is 11.3 Å². The molecule has 4 heteroatoms. The number of hydrogen-bond acceptors (Lipinski definition) is 4. The molecule has 0 aliphatic rings. The molecule has 0 aromatic heterocycles. The number of carbonyl (C=O) groups excluding carboxylic acids is 1. The molecule has 0 spiro atoms. The molecule has 0 aliphatic heterocycles. The molecule has 4 nitrogen and oxygen atoms in total. The summed E-state index contributed by atoms with van der Waals surface area (Å²) in [6, 6.07) is 0. The van der Waals surface area contributed by atoms with Crippen molar-refractivity contribution < 1.29 is 19.0 Å². The van der Waals surface area contributed by atoms with Crippen molar-refractivity contribution in [3.63, 3.8) is 0 Å². The summed E-state index contributed by atoms with van der Waals surface area (Å²) in [6.45, 7) is 5.32. The summed E-state index contributed by atoms with van der Waals surface area (Å²) in [5, 5.41) is 0. The minimum absolute atomic E-state index is 0.583. The highest BCUT2D eigenvalue weighted by molar-refractivity contribution is 5.59. The maximum atomic E-state index is 10.6. The predicted molar refractivity (Wildman–Crippen MR) is 43.5 cm³/mol. The lowest BCUT2D eigenvalue weighted by Gasteiger charge is -2.14. The minimum atomic E-state index is -0.740. The first-order valence-corrected chi connectivity index (χ1v) is 3.75. The third-order valence-electron chi connectivity index (χ3n) is 1.17. The zero-order chi connectivity index (χ0) is 9.40. The van der Waals surface area contributed by atoms with Gasteiger partial charge in [0.1, 0.15) is 0 Å². The van der Waals surface area contributed by atoms with Crippen LogP contribution in [0.25, 0.3) is 0 Å². The average Bonchev–Trinajstić information content (AvgIpc) is 2.05. The number of hydrogen-bond donors (Lipinski definition) is 0. The molecule has 0 saturated heterocycles. The second kappa shape index (κ2) is 6.52. The Morgan fingerprint density at radius 3 is 2.75 bits per heavy atom. The summed E-state index contributed by atoms with van der Waals surface area (Å²) in [4.78, 5) is 10.6. The summed E-state index contributed by atoms with van der Waals surface area (Å²) in [7, 11) is 1.25. The van der Waals surface area contributed by atoms with Crippen LogP contribution in [-0.2, 0) is 14.2 Å². The monoisotopic (exact) mass is 174 g/mol. The molecule has 0 aromatic carbocycles. The Morgan fingerprint density at radius 1 is 1.67 bits per heavy atom. The highest BCUT2D eigenvalue weighted by Crippen LogP contribution is 2.05. The molecule has 0 aromatic rings. The Kier molecular flexibility index (Phi) is 5.87. The van der Waals surface area contributed by atoms with E-state index in [9.17, 15) is 4.79 Å². The van der Waals surface area contributed by atoms with Crippen LogP contribution in [0.1, 0.15) is 19.8 Å². The maximum absolute atomic E-state index is 10.6. The first-order chi connectivity index (χ1) is 5.74. The summed E-state index contributed by atoms with van der Waals surface area (Å²) >= 11 is 0. The third-order valence-corrected chi connectivity index (χ3v) is 1.17. The van der Waals surface area contributed by atoms with Crippen molar-refractivity contribution in [2.24, 2.45) is 0 Å². The van der Waals surface area contributed by atoms with E-state index in [4.69, 9.17) is 9.47 Å². The standard InChI is InChI=1S/C8H14O4/c1-4-6-7(11-5-2)12-8(9)10-3/h5,7H,2,4,6H2,1,3H3. The van der Waals surface area contributed by atoms with Crippen LogP contribution >= 0.6 is 0 Å². The van der Waals surface area contributed by atoms with E-state index >= 15 is 0 Å². The largest absolute Gasteiger partial charge is 0.511 e. The first-order valence-electron chi connectivity index (χ1n) is 3.75. The van der Waals surface area contributed by atoms with Crippen LogP contribution in [0.4, 0.5) is 4.79 Å². The Balaban J connectivity index is 3.76. The molecule has 0 N–H and O–H groups in total. The molecule has 0 aliphatic carbocycles. The minimum Gasteiger partial charge on any atom is -0.463 e. The van der Waals surface area contributed by atoms with Crippen molar-refractivity contribution in [3.05, 3.63) is 12.8 Å². The van der Waals surface area contributed by atoms with Crippen LogP contribution in [-0.4, -0.2) is 19.6 Å². The van der Waals surface area contributed by atoms with Crippen LogP contribution in [0, 0.1) is 0 Å². The van der Waals surface area contributed by atoms with Crippen LogP contribution in [0.3, 0.4) is 0 Å². The number of carbonyl (C=O) groups is 1. The van der Waals surface area contributed by atoms with Crippen molar-refractivity contribution in [1.29, 1.82) is 0 Å². The quantitative estimate of drug-likeness (QED) is 0.363. The van der Waals surface area contributed by atoms with E-state index in [1.165, 1.54) is 13.4 Å². The number of rotatable bonds is 5. The van der Waals surface area contributed by atoms with Gasteiger partial charge in [0.05, 0.1) is 13.4 Å². The second-order valence-electron chi connectivity index (χ2n) is 2.09. The molecule has 1 atom stereocenters. The van der Waals surface area contributed by atoms with Crippen LogP contribution < -0.4 is 0 Å². The van der Waals surface area contributed by atoms with E-state index in [-0.39, 0.29) is 0 Å². The Hall–Kier alpha value is -1.19. The van der Waals surface area contributed by atoms with Crippen molar-refractivity contribution in [2.45, 2.75) is 26.1 Å². The number of methoxy groups -OCH3 is 1. The molecule has 0 heterocycles. The molecular formula is C8H14O4. The Labute approximate surface area is 72.1 Å². The molecule has 1 unspecified atom stereocenters. The van der Waals surface area contributed by atoms with E-state index in [1.807, 2.05) is 6.92 Å². The smallest absolute Gasteiger partial charge is 0.463 e. The lowest BCUT2D eigenvalue weighted by molar-refractivity contribution is -0.0865. The van der Waals surface area contributed by atoms with Gasteiger partial charge in [0.15, 0.2) is 0 Å². The van der Waals surface area contributed by atoms with Gasteiger partial charge < -0.3 is 14.2 Å². The SMILES string of the molecule is C=COC(CCC)OC(=O)OC. The van der Waals surface area contributed by atoms with Gasteiger partial charge in [0.2, 0.25) is 6.29 Å². The predicted octanol–water partition coefficient (Wildman–Crippen LogP) is 2.06. The maximum Gasteiger partial charge on any atom is 0.511 e. The molecular weight excluding hydrogens is 160 g/mol. The summed E-state index contributed by atoms with van der Waals surface area (Å²) in [5.74, 6) is 0. The van der Waals surface area contributed by atoms with Crippen LogP contribution in [0.15, 0.2) is 12.8 Å². The van der Waals surface area contributed by atoms with E-state index in [1.54, 1.807) is 0 Å². The van der Waals surface area contributed by atoms with Gasteiger partial charge in [-0.1, -0.05) is 13.5 Å². The fourth-order valence-corrected chi connectivity index (χ4v) is 0.653. The van der Waals surface area contributed by atoms with Crippen molar-refractivity contribution in [2.75, 3.05) is 7.11 Å². The van der Waals surface area contributed by atoms with Gasteiger partial charge in [-0.3, -0.25) is 0 Å². The molecule has 12 heavy (non-hydrogen) atoms. The van der Waals surface area contributed by atoms with Gasteiger partial charge in [-0.2, -0.15) is 0 Å². The Bertz CT molecular complexity index is 144. The van der Waals surface area contributed by atoms with Gasteiger partial charge in [-0.25, -0.2) is 4.79 Å². The third kappa shape index (κ3) is 4.60. The molecule has 0 rings (SSSR count). The fourth-order valence-electron chi connectivity index (χ4n) is 0.653. The molecule has 0 amide bonds. The van der Waals surface area contributed by atoms with Gasteiger partial charge in [-0.05, 0) is 6.42 Å². The normalized spacial score (nSPS) is 11.5. The van der Waals surface area contributed by atoms with E-state index in [0.29, 0.717) is 6.42 Å². The average molecular weight is 174 g/mol. The van der Waals surface area contributed by atoms with Crippen molar-refractivity contribution in [1.82, 2.24) is 0 Å². The van der Waals surface area contributed by atoms with Gasteiger partial charge in [0, 0.05) is 6.42 Å². The van der Waals surface area contributed by atoms with Crippen molar-refractivity contribution >= 4 is 6.16 Å². The van der Waals surface area contributed by atoms with Gasteiger partial charge in [-0.15, -0.1) is 0 Å². The Morgan fingerprint density at radius 2 is 2.33 bits per heavy atom. The molecule has 0 bridgehead atoms. The van der Waals surface area contributed by atoms with Crippen LogP contribution in [0.2, 0.25) is 0 Å². The zero-order valence-electron chi connectivity index (χ0n) is 7.41. The lowest BCUT2D eigenvalue weighted by Crippen LogP contribution is -2.19. The summed E-state index contributed by atoms with van der Waals surface area (Å²) < 4.78 is 13.9. The summed E-state index contributed by atoms with van der Waals surface area (Å²) in [6.07, 6.45) is 1.40. The van der Waals surface area contributed by atoms with Crippen LogP contribution in [0.5, 0.6) is 0 Å². The zero-order valence-corrected chi connectivity index (χ0v) is 7.41. The van der Waals surface area contributed by atoms with Crippen molar-refractivity contribution in [3.8, 4) is 0 Å². The van der Waals surface area contributed by atoms with Gasteiger partial charge >= 0.3 is 6.16 Å². The molecule has 0 radical (unpaired) electrons. The fraction of sp³-hybridized carbons (Fsp3) is 0.625. The highest BCUT2D eigenvalue weighted by Gasteiger charge is 2.12. The molecule has 0 fully saturated rings. The molecule has 0 saturated carbocycles. The molecule has 70 valence electrons. The van der Waals surface area contributed by atoms with E-state index < -0.39 is 12.4 Å².